The molecular weight excluding hydrogens is 230 g/mol. The van der Waals surface area contributed by atoms with Crippen molar-refractivity contribution in [1.29, 1.82) is 0 Å². The van der Waals surface area contributed by atoms with Gasteiger partial charge in [0.25, 0.3) is 5.69 Å². The molecular formula is C7H6ClNO4S. The number of hydrogen-bond donors (Lipinski definition) is 0. The van der Waals surface area contributed by atoms with Crippen LogP contribution in [0.5, 0.6) is 0 Å². The Labute approximate surface area is 85.4 Å². The topological polar surface area (TPSA) is 77.3 Å². The van der Waals surface area contributed by atoms with Gasteiger partial charge in [-0.3, -0.25) is 10.1 Å². The Morgan fingerprint density at radius 3 is 2.43 bits per heavy atom. The van der Waals surface area contributed by atoms with Gasteiger partial charge in [0, 0.05) is 12.3 Å². The number of nitro benzene ring substituents is 1. The largest absolute Gasteiger partial charge is 0.289 e. The van der Waals surface area contributed by atoms with Gasteiger partial charge < -0.3 is 0 Å². The minimum atomic E-state index is -3.44. The van der Waals surface area contributed by atoms with Crippen LogP contribution >= 0.6 is 11.6 Å². The van der Waals surface area contributed by atoms with Crippen LogP contribution in [0.25, 0.3) is 0 Å². The molecule has 0 N–H and O–H groups in total. The summed E-state index contributed by atoms with van der Waals surface area (Å²) >= 11 is 5.50. The monoisotopic (exact) mass is 235 g/mol. The molecule has 1 rings (SSSR count). The fraction of sp³-hybridized carbons (Fsp3) is 0.143. The van der Waals surface area contributed by atoms with Crippen LogP contribution in [0.1, 0.15) is 0 Å². The number of nitro groups is 1. The second kappa shape index (κ2) is 3.55. The quantitative estimate of drug-likeness (QED) is 0.577. The Hall–Kier alpha value is -1.14. The van der Waals surface area contributed by atoms with E-state index in [1.54, 1.807) is 0 Å². The maximum absolute atomic E-state index is 11.1. The molecule has 0 aliphatic carbocycles. The highest BCUT2D eigenvalue weighted by molar-refractivity contribution is 7.90. The van der Waals surface area contributed by atoms with Gasteiger partial charge in [0.05, 0.1) is 9.82 Å². The summed E-state index contributed by atoms with van der Waals surface area (Å²) in [5.41, 5.74) is -0.408. The van der Waals surface area contributed by atoms with E-state index in [9.17, 15) is 18.5 Å². The Bertz CT molecular complexity index is 482. The predicted molar refractivity (Wildman–Crippen MR) is 51.2 cm³/mol. The molecule has 0 spiro atoms. The van der Waals surface area contributed by atoms with E-state index in [2.05, 4.69) is 0 Å². The molecule has 0 aromatic heterocycles. The van der Waals surface area contributed by atoms with Gasteiger partial charge in [-0.15, -0.1) is 0 Å². The van der Waals surface area contributed by atoms with Crippen LogP contribution in [0.4, 0.5) is 5.69 Å². The Balaban J connectivity index is 3.42. The van der Waals surface area contributed by atoms with Crippen molar-refractivity contribution in [3.05, 3.63) is 33.3 Å². The van der Waals surface area contributed by atoms with E-state index in [1.807, 2.05) is 0 Å². The van der Waals surface area contributed by atoms with Crippen LogP contribution in [-0.2, 0) is 9.84 Å². The molecule has 0 aliphatic heterocycles. The molecule has 0 saturated carbocycles. The molecule has 0 atom stereocenters. The fourth-order valence-electron chi connectivity index (χ4n) is 0.863. The zero-order valence-electron chi connectivity index (χ0n) is 7.10. The molecule has 14 heavy (non-hydrogen) atoms. The first-order valence-electron chi connectivity index (χ1n) is 3.46. The third-order valence-corrected chi connectivity index (χ3v) is 2.97. The van der Waals surface area contributed by atoms with Crippen LogP contribution in [0, 0.1) is 10.1 Å². The highest BCUT2D eigenvalue weighted by atomic mass is 35.5. The number of nitrogens with zero attached hydrogens (tertiary/aromatic N) is 1. The van der Waals surface area contributed by atoms with E-state index in [1.165, 1.54) is 12.1 Å². The van der Waals surface area contributed by atoms with Gasteiger partial charge in [0.1, 0.15) is 5.02 Å². The average molecular weight is 236 g/mol. The standard InChI is InChI=1S/C7H6ClNO4S/c1-14(12,13)5-2-3-6(8)7(4-5)9(10)11/h2-4H,1H3. The molecule has 0 bridgehead atoms. The number of halogens is 1. The van der Waals surface area contributed by atoms with Crippen molar-refractivity contribution < 1.29 is 13.3 Å². The second-order valence-electron chi connectivity index (χ2n) is 2.64. The highest BCUT2D eigenvalue weighted by Crippen LogP contribution is 2.26. The summed E-state index contributed by atoms with van der Waals surface area (Å²) in [6, 6.07) is 3.36. The Morgan fingerprint density at radius 1 is 1.43 bits per heavy atom. The molecule has 0 aliphatic rings. The van der Waals surface area contributed by atoms with Crippen LogP contribution < -0.4 is 0 Å². The summed E-state index contributed by atoms with van der Waals surface area (Å²) in [5, 5.41) is 10.3. The van der Waals surface area contributed by atoms with Gasteiger partial charge in [-0.25, -0.2) is 8.42 Å². The molecule has 0 fully saturated rings. The van der Waals surface area contributed by atoms with Gasteiger partial charge in [0.15, 0.2) is 9.84 Å². The number of hydrogen-bond acceptors (Lipinski definition) is 4. The number of benzene rings is 1. The lowest BCUT2D eigenvalue weighted by Gasteiger charge is -1.99. The van der Waals surface area contributed by atoms with E-state index in [0.717, 1.165) is 12.3 Å². The van der Waals surface area contributed by atoms with E-state index < -0.39 is 20.4 Å². The van der Waals surface area contributed by atoms with Crippen molar-refractivity contribution in [2.24, 2.45) is 0 Å². The molecule has 0 unspecified atom stereocenters. The Morgan fingerprint density at radius 2 is 2.00 bits per heavy atom. The number of rotatable bonds is 2. The predicted octanol–water partition coefficient (Wildman–Crippen LogP) is 1.65. The molecule has 0 radical (unpaired) electrons. The normalized spacial score (nSPS) is 11.3. The van der Waals surface area contributed by atoms with E-state index in [4.69, 9.17) is 11.6 Å². The van der Waals surface area contributed by atoms with Gasteiger partial charge in [-0.1, -0.05) is 11.6 Å². The minimum absolute atomic E-state index is 0.0811. The molecule has 5 nitrogen and oxygen atoms in total. The van der Waals surface area contributed by atoms with Crippen LogP contribution in [0.2, 0.25) is 5.02 Å². The van der Waals surface area contributed by atoms with Crippen molar-refractivity contribution in [2.45, 2.75) is 4.90 Å². The fourth-order valence-corrected chi connectivity index (χ4v) is 1.69. The first-order chi connectivity index (χ1) is 6.32. The third kappa shape index (κ3) is 2.21. The van der Waals surface area contributed by atoms with Crippen molar-refractivity contribution in [3.63, 3.8) is 0 Å². The SMILES string of the molecule is CS(=O)(=O)c1ccc(Cl)c([N+](=O)[O-])c1. The lowest BCUT2D eigenvalue weighted by atomic mass is 10.3. The first kappa shape index (κ1) is 10.9. The van der Waals surface area contributed by atoms with E-state index in [0.29, 0.717) is 0 Å². The lowest BCUT2D eigenvalue weighted by molar-refractivity contribution is -0.384. The molecule has 0 amide bonds. The molecule has 0 heterocycles. The van der Waals surface area contributed by atoms with Crippen LogP contribution in [0.3, 0.4) is 0 Å². The first-order valence-corrected chi connectivity index (χ1v) is 5.73. The van der Waals surface area contributed by atoms with Crippen LogP contribution in [-0.4, -0.2) is 19.6 Å². The smallest absolute Gasteiger partial charge is 0.258 e. The molecule has 76 valence electrons. The Kier molecular flexibility index (Phi) is 2.77. The van der Waals surface area contributed by atoms with Gasteiger partial charge in [-0.2, -0.15) is 0 Å². The van der Waals surface area contributed by atoms with Crippen molar-refractivity contribution in [3.8, 4) is 0 Å². The molecule has 7 heteroatoms. The van der Waals surface area contributed by atoms with E-state index >= 15 is 0 Å². The van der Waals surface area contributed by atoms with Crippen LogP contribution in [0.15, 0.2) is 23.1 Å². The summed E-state index contributed by atoms with van der Waals surface area (Å²) < 4.78 is 22.1. The second-order valence-corrected chi connectivity index (χ2v) is 5.07. The van der Waals surface area contributed by atoms with Gasteiger partial charge in [-0.05, 0) is 12.1 Å². The summed E-state index contributed by atoms with van der Waals surface area (Å²) in [6.07, 6.45) is 0.972. The van der Waals surface area contributed by atoms with Crippen molar-refractivity contribution >= 4 is 27.1 Å². The lowest BCUT2D eigenvalue weighted by Crippen LogP contribution is -1.98. The molecule has 1 aromatic carbocycles. The maximum atomic E-state index is 11.1. The number of sulfone groups is 1. The van der Waals surface area contributed by atoms with E-state index in [-0.39, 0.29) is 9.92 Å². The molecule has 1 aromatic rings. The summed E-state index contributed by atoms with van der Waals surface area (Å²) in [7, 11) is -3.44. The zero-order valence-corrected chi connectivity index (χ0v) is 8.67. The zero-order chi connectivity index (χ0) is 10.9. The minimum Gasteiger partial charge on any atom is -0.258 e. The highest BCUT2D eigenvalue weighted by Gasteiger charge is 2.16. The average Bonchev–Trinajstić information content (AvgIpc) is 2.02. The third-order valence-electron chi connectivity index (χ3n) is 1.54. The van der Waals surface area contributed by atoms with Gasteiger partial charge in [0.2, 0.25) is 0 Å². The van der Waals surface area contributed by atoms with Crippen molar-refractivity contribution in [1.82, 2.24) is 0 Å². The van der Waals surface area contributed by atoms with Gasteiger partial charge >= 0.3 is 0 Å². The maximum Gasteiger partial charge on any atom is 0.289 e. The summed E-state index contributed by atoms with van der Waals surface area (Å²) in [6.45, 7) is 0. The summed E-state index contributed by atoms with van der Waals surface area (Å²) in [4.78, 5) is 9.59. The molecule has 0 saturated heterocycles. The van der Waals surface area contributed by atoms with Crippen molar-refractivity contribution in [2.75, 3.05) is 6.26 Å². The summed E-state index contributed by atoms with van der Waals surface area (Å²) in [5.74, 6) is 0.